The van der Waals surface area contributed by atoms with Gasteiger partial charge in [0.05, 0.1) is 18.4 Å². The second-order valence-corrected chi connectivity index (χ2v) is 5.97. The van der Waals surface area contributed by atoms with Gasteiger partial charge in [-0.05, 0) is 25.1 Å². The van der Waals surface area contributed by atoms with Gasteiger partial charge >= 0.3 is 0 Å². The van der Waals surface area contributed by atoms with Gasteiger partial charge in [-0.3, -0.25) is 9.59 Å². The van der Waals surface area contributed by atoms with Gasteiger partial charge < -0.3 is 19.2 Å². The van der Waals surface area contributed by atoms with Crippen molar-refractivity contribution in [3.05, 3.63) is 47.7 Å². The van der Waals surface area contributed by atoms with Gasteiger partial charge in [-0.1, -0.05) is 0 Å². The summed E-state index contributed by atoms with van der Waals surface area (Å²) in [6.45, 7) is 3.62. The van der Waals surface area contributed by atoms with E-state index in [0.29, 0.717) is 30.8 Å². The van der Waals surface area contributed by atoms with Crippen LogP contribution < -0.4 is 5.32 Å². The van der Waals surface area contributed by atoms with E-state index in [2.05, 4.69) is 9.88 Å². The van der Waals surface area contributed by atoms with Crippen molar-refractivity contribution in [2.45, 2.75) is 26.4 Å². The number of furan rings is 1. The number of aryl methyl sites for hydroxylation is 1. The number of rotatable bonds is 3. The lowest BCUT2D eigenvalue weighted by molar-refractivity contribution is -0.121. The van der Waals surface area contributed by atoms with Crippen molar-refractivity contribution < 1.29 is 14.0 Å². The fraction of sp³-hybridized carbons (Fsp3) is 0.412. The first-order chi connectivity index (χ1) is 11.1. The maximum atomic E-state index is 12.8. The van der Waals surface area contributed by atoms with Gasteiger partial charge in [0.2, 0.25) is 5.91 Å². The van der Waals surface area contributed by atoms with E-state index in [-0.39, 0.29) is 17.7 Å². The van der Waals surface area contributed by atoms with Gasteiger partial charge in [0.25, 0.3) is 5.91 Å². The summed E-state index contributed by atoms with van der Waals surface area (Å²) in [5.74, 6) is 0.655. The summed E-state index contributed by atoms with van der Waals surface area (Å²) in [4.78, 5) is 26.4. The highest BCUT2D eigenvalue weighted by Crippen LogP contribution is 2.22. The fourth-order valence-electron chi connectivity index (χ4n) is 3.10. The molecule has 122 valence electrons. The van der Waals surface area contributed by atoms with Crippen LogP contribution in [-0.2, 0) is 17.9 Å². The van der Waals surface area contributed by atoms with Crippen LogP contribution in [0.4, 0.5) is 0 Å². The van der Waals surface area contributed by atoms with Gasteiger partial charge in [0, 0.05) is 44.4 Å². The Hall–Kier alpha value is -2.50. The summed E-state index contributed by atoms with van der Waals surface area (Å²) >= 11 is 0. The van der Waals surface area contributed by atoms with Crippen molar-refractivity contribution in [3.8, 4) is 0 Å². The lowest BCUT2D eigenvalue weighted by atomic mass is 10.0. The fourth-order valence-corrected chi connectivity index (χ4v) is 3.10. The largest absolute Gasteiger partial charge is 0.469 e. The van der Waals surface area contributed by atoms with E-state index in [1.54, 1.807) is 20.0 Å². The molecule has 0 unspecified atom stereocenters. The second kappa shape index (κ2) is 6.32. The molecule has 6 heteroatoms. The predicted octanol–water partition coefficient (Wildman–Crippen LogP) is 1.80. The molecule has 23 heavy (non-hydrogen) atoms. The zero-order valence-corrected chi connectivity index (χ0v) is 13.4. The van der Waals surface area contributed by atoms with E-state index in [1.165, 1.54) is 6.26 Å². The molecule has 0 spiro atoms. The van der Waals surface area contributed by atoms with Crippen molar-refractivity contribution in [2.24, 2.45) is 5.92 Å². The Labute approximate surface area is 135 Å². The molecular weight excluding hydrogens is 294 g/mol. The van der Waals surface area contributed by atoms with Crippen molar-refractivity contribution in [3.63, 3.8) is 0 Å². The number of aromatic nitrogens is 1. The zero-order valence-electron chi connectivity index (χ0n) is 13.4. The lowest BCUT2D eigenvalue weighted by Gasteiger charge is -2.23. The molecule has 2 aromatic rings. The number of carbonyl (C=O) groups excluding carboxylic acids is 2. The number of nitrogens with zero attached hydrogens (tertiary/aromatic N) is 2. The van der Waals surface area contributed by atoms with E-state index in [4.69, 9.17) is 4.42 Å². The molecule has 0 saturated carbocycles. The molecule has 0 aliphatic carbocycles. The van der Waals surface area contributed by atoms with E-state index in [1.807, 2.05) is 23.2 Å². The summed E-state index contributed by atoms with van der Waals surface area (Å²) in [5, 5.41) is 2.66. The van der Waals surface area contributed by atoms with Crippen LogP contribution in [0.5, 0.6) is 0 Å². The highest BCUT2D eigenvalue weighted by atomic mass is 16.3. The first kappa shape index (κ1) is 15.4. The third kappa shape index (κ3) is 3.16. The number of hydrogen-bond acceptors (Lipinski definition) is 3. The summed E-state index contributed by atoms with van der Waals surface area (Å²) in [7, 11) is 1.64. The minimum Gasteiger partial charge on any atom is -0.469 e. The molecule has 2 aromatic heterocycles. The minimum atomic E-state index is -0.0483. The lowest BCUT2D eigenvalue weighted by Crippen LogP contribution is -2.35. The molecule has 3 heterocycles. The molecule has 0 saturated heterocycles. The third-order valence-corrected chi connectivity index (χ3v) is 4.34. The molecule has 0 aromatic carbocycles. The normalized spacial score (nSPS) is 17.5. The molecule has 3 rings (SSSR count). The third-order valence-electron chi connectivity index (χ3n) is 4.34. The number of hydrogen-bond donors (Lipinski definition) is 1. The second-order valence-electron chi connectivity index (χ2n) is 5.97. The Morgan fingerprint density at radius 2 is 2.17 bits per heavy atom. The minimum absolute atomic E-state index is 0.00232. The topological polar surface area (TPSA) is 67.5 Å². The van der Waals surface area contributed by atoms with Crippen molar-refractivity contribution in [1.82, 2.24) is 14.8 Å². The first-order valence-corrected chi connectivity index (χ1v) is 7.76. The van der Waals surface area contributed by atoms with Crippen LogP contribution in [0.15, 0.2) is 35.1 Å². The Morgan fingerprint density at radius 3 is 2.87 bits per heavy atom. The predicted molar refractivity (Wildman–Crippen MR) is 84.8 cm³/mol. The van der Waals surface area contributed by atoms with Crippen LogP contribution in [0.2, 0.25) is 0 Å². The molecule has 0 fully saturated rings. The molecule has 2 amide bonds. The van der Waals surface area contributed by atoms with Crippen molar-refractivity contribution in [1.29, 1.82) is 0 Å². The van der Waals surface area contributed by atoms with Gasteiger partial charge in [0.15, 0.2) is 0 Å². The van der Waals surface area contributed by atoms with E-state index in [9.17, 15) is 9.59 Å². The molecule has 1 atom stereocenters. The smallest absolute Gasteiger partial charge is 0.257 e. The van der Waals surface area contributed by atoms with Crippen molar-refractivity contribution in [2.75, 3.05) is 13.6 Å². The molecule has 6 nitrogen and oxygen atoms in total. The van der Waals surface area contributed by atoms with Gasteiger partial charge in [-0.15, -0.1) is 0 Å². The number of fused-ring (bicyclic) bond motifs is 1. The number of carbonyl (C=O) groups is 2. The molecule has 1 N–H and O–H groups in total. The van der Waals surface area contributed by atoms with E-state index in [0.717, 1.165) is 12.2 Å². The molecule has 0 bridgehead atoms. The van der Waals surface area contributed by atoms with Crippen LogP contribution in [-0.4, -0.2) is 34.9 Å². The Bertz CT molecular complexity index is 716. The standard InChI is InChI=1S/C17H21N3O3/c1-12-15(5-7-23-12)17(22)20-10-13(8-16(21)18-2)9-19-6-3-4-14(19)11-20/h3-7,13H,8-11H2,1-2H3,(H,18,21)/t13-/m1/s1. The van der Waals surface area contributed by atoms with Crippen LogP contribution in [0.3, 0.4) is 0 Å². The van der Waals surface area contributed by atoms with Crippen LogP contribution in [0, 0.1) is 12.8 Å². The average molecular weight is 315 g/mol. The molecule has 1 aliphatic rings. The SMILES string of the molecule is CNC(=O)C[C@H]1CN(C(=O)c2ccoc2C)Cc2cccn2C1. The number of amides is 2. The molecule has 1 aliphatic heterocycles. The van der Waals surface area contributed by atoms with Gasteiger partial charge in [0.1, 0.15) is 5.76 Å². The Kier molecular flexibility index (Phi) is 4.23. The van der Waals surface area contributed by atoms with Gasteiger partial charge in [-0.25, -0.2) is 0 Å². The zero-order chi connectivity index (χ0) is 16.4. The van der Waals surface area contributed by atoms with Crippen molar-refractivity contribution >= 4 is 11.8 Å². The Balaban J connectivity index is 1.86. The van der Waals surface area contributed by atoms with E-state index >= 15 is 0 Å². The van der Waals surface area contributed by atoms with Crippen LogP contribution in [0.1, 0.15) is 28.2 Å². The number of nitrogens with one attached hydrogen (secondary N) is 1. The summed E-state index contributed by atoms with van der Waals surface area (Å²) in [5.41, 5.74) is 1.67. The highest BCUT2D eigenvalue weighted by Gasteiger charge is 2.28. The first-order valence-electron chi connectivity index (χ1n) is 7.76. The highest BCUT2D eigenvalue weighted by molar-refractivity contribution is 5.95. The summed E-state index contributed by atoms with van der Waals surface area (Å²) in [6.07, 6.45) is 3.94. The molecule has 0 radical (unpaired) electrons. The average Bonchev–Trinajstić information content (AvgIpc) is 3.11. The van der Waals surface area contributed by atoms with Crippen LogP contribution >= 0.6 is 0 Å². The van der Waals surface area contributed by atoms with E-state index < -0.39 is 0 Å². The summed E-state index contributed by atoms with van der Waals surface area (Å²) in [6, 6.07) is 5.70. The maximum absolute atomic E-state index is 12.8. The van der Waals surface area contributed by atoms with Crippen LogP contribution in [0.25, 0.3) is 0 Å². The van der Waals surface area contributed by atoms with Gasteiger partial charge in [-0.2, -0.15) is 0 Å². The Morgan fingerprint density at radius 1 is 1.35 bits per heavy atom. The summed E-state index contributed by atoms with van der Waals surface area (Å²) < 4.78 is 7.38. The quantitative estimate of drug-likeness (QED) is 0.939. The maximum Gasteiger partial charge on any atom is 0.257 e. The molecular formula is C17H21N3O3. The monoisotopic (exact) mass is 315 g/mol.